The van der Waals surface area contributed by atoms with Crippen molar-refractivity contribution in [3.8, 4) is 0 Å². The molecule has 0 bridgehead atoms. The first-order valence-electron chi connectivity index (χ1n) is 10.5. The molecule has 2 aromatic carbocycles. The molecule has 158 valence electrons. The maximum absolute atomic E-state index is 13.4. The van der Waals surface area contributed by atoms with Gasteiger partial charge in [-0.15, -0.1) is 4.40 Å². The van der Waals surface area contributed by atoms with Gasteiger partial charge in [-0.2, -0.15) is 8.42 Å². The van der Waals surface area contributed by atoms with Gasteiger partial charge in [0.2, 0.25) is 5.91 Å². The molecule has 1 heterocycles. The largest absolute Gasteiger partial charge is 0.286 e. The van der Waals surface area contributed by atoms with E-state index in [4.69, 9.17) is 0 Å². The van der Waals surface area contributed by atoms with Crippen LogP contribution in [0.3, 0.4) is 0 Å². The number of carbonyl (C=O) groups excluding carboxylic acids is 1. The summed E-state index contributed by atoms with van der Waals surface area (Å²) in [6, 6.07) is 16.4. The van der Waals surface area contributed by atoms with Gasteiger partial charge in [0.1, 0.15) is 5.25 Å². The van der Waals surface area contributed by atoms with E-state index >= 15 is 0 Å². The summed E-state index contributed by atoms with van der Waals surface area (Å²) < 4.78 is 30.2. The quantitative estimate of drug-likeness (QED) is 0.658. The van der Waals surface area contributed by atoms with Gasteiger partial charge in [-0.3, -0.25) is 9.69 Å². The van der Waals surface area contributed by atoms with Crippen LogP contribution < -0.4 is 0 Å². The van der Waals surface area contributed by atoms with E-state index in [2.05, 4.69) is 4.40 Å². The average Bonchev–Trinajstić information content (AvgIpc) is 3.10. The zero-order valence-electron chi connectivity index (χ0n) is 17.0. The Morgan fingerprint density at radius 1 is 1.00 bits per heavy atom. The minimum Gasteiger partial charge on any atom is -0.286 e. The molecule has 30 heavy (non-hydrogen) atoms. The summed E-state index contributed by atoms with van der Waals surface area (Å²) in [6.07, 6.45) is 5.87. The second kappa shape index (κ2) is 8.94. The van der Waals surface area contributed by atoms with Crippen LogP contribution in [0.2, 0.25) is 0 Å². The van der Waals surface area contributed by atoms with Gasteiger partial charge in [-0.05, 0) is 42.5 Å². The molecule has 2 aliphatic rings. The number of thioether (sulfide) groups is 1. The van der Waals surface area contributed by atoms with Gasteiger partial charge < -0.3 is 0 Å². The molecule has 2 fully saturated rings. The predicted molar refractivity (Wildman–Crippen MR) is 121 cm³/mol. The van der Waals surface area contributed by atoms with Crippen molar-refractivity contribution >= 4 is 32.9 Å². The fraction of sp³-hybridized carbons (Fsp3) is 0.391. The van der Waals surface area contributed by atoms with Crippen molar-refractivity contribution in [2.45, 2.75) is 61.6 Å². The molecule has 1 saturated heterocycles. The van der Waals surface area contributed by atoms with E-state index in [1.165, 1.54) is 11.8 Å². The van der Waals surface area contributed by atoms with Gasteiger partial charge in [0.25, 0.3) is 10.0 Å². The van der Waals surface area contributed by atoms with Crippen molar-refractivity contribution < 1.29 is 13.2 Å². The van der Waals surface area contributed by atoms with Gasteiger partial charge in [0.15, 0.2) is 5.17 Å². The van der Waals surface area contributed by atoms with Crippen LogP contribution >= 0.6 is 11.8 Å². The number of nitrogens with zero attached hydrogens (tertiary/aromatic N) is 2. The van der Waals surface area contributed by atoms with Crippen LogP contribution in [0.5, 0.6) is 0 Å². The minimum atomic E-state index is -3.90. The molecule has 0 N–H and O–H groups in total. The topological polar surface area (TPSA) is 66.8 Å². The molecule has 1 amide bonds. The lowest BCUT2D eigenvalue weighted by Crippen LogP contribution is -2.41. The zero-order chi connectivity index (χ0) is 21.1. The van der Waals surface area contributed by atoms with Gasteiger partial charge in [-0.1, -0.05) is 80.4 Å². The van der Waals surface area contributed by atoms with E-state index in [0.717, 1.165) is 49.7 Å². The Labute approximate surface area is 182 Å². The normalized spacial score (nSPS) is 22.0. The SMILES string of the molecule is CCc1ccc(S(=O)(=O)N=C2S[C@@H](c3ccccc3)C(=O)N2C2CCCCC2)cc1. The summed E-state index contributed by atoms with van der Waals surface area (Å²) in [5, 5.41) is -0.148. The molecular weight excluding hydrogens is 416 g/mol. The summed E-state index contributed by atoms with van der Waals surface area (Å²) in [5.41, 5.74) is 1.95. The van der Waals surface area contributed by atoms with Crippen molar-refractivity contribution in [1.82, 2.24) is 4.90 Å². The lowest BCUT2D eigenvalue weighted by molar-refractivity contribution is -0.128. The van der Waals surface area contributed by atoms with E-state index < -0.39 is 15.3 Å². The molecule has 0 spiro atoms. The highest BCUT2D eigenvalue weighted by molar-refractivity contribution is 8.15. The van der Waals surface area contributed by atoms with Crippen molar-refractivity contribution in [3.05, 3.63) is 65.7 Å². The second-order valence-electron chi connectivity index (χ2n) is 7.76. The van der Waals surface area contributed by atoms with Gasteiger partial charge in [-0.25, -0.2) is 0 Å². The monoisotopic (exact) mass is 442 g/mol. The third-order valence-electron chi connectivity index (χ3n) is 5.76. The first kappa shape index (κ1) is 21.1. The molecule has 0 radical (unpaired) electrons. The fourth-order valence-corrected chi connectivity index (χ4v) is 6.48. The predicted octanol–water partition coefficient (Wildman–Crippen LogP) is 4.94. The summed E-state index contributed by atoms with van der Waals surface area (Å²) in [7, 11) is -3.90. The van der Waals surface area contributed by atoms with E-state index in [-0.39, 0.29) is 16.8 Å². The molecule has 1 aliphatic heterocycles. The number of carbonyl (C=O) groups is 1. The van der Waals surface area contributed by atoms with E-state index in [1.807, 2.05) is 49.4 Å². The molecule has 2 aromatic rings. The van der Waals surface area contributed by atoms with E-state index in [9.17, 15) is 13.2 Å². The van der Waals surface area contributed by atoms with Gasteiger partial charge in [0, 0.05) is 6.04 Å². The van der Waals surface area contributed by atoms with E-state index in [1.54, 1.807) is 17.0 Å². The molecule has 1 saturated carbocycles. The molecule has 1 atom stereocenters. The lowest BCUT2D eigenvalue weighted by Gasteiger charge is -2.30. The summed E-state index contributed by atoms with van der Waals surface area (Å²) in [6.45, 7) is 2.02. The molecule has 7 heteroatoms. The average molecular weight is 443 g/mol. The summed E-state index contributed by atoms with van der Waals surface area (Å²) >= 11 is 1.25. The Morgan fingerprint density at radius 3 is 2.30 bits per heavy atom. The van der Waals surface area contributed by atoms with Gasteiger partial charge >= 0.3 is 0 Å². The van der Waals surface area contributed by atoms with Crippen LogP contribution in [0, 0.1) is 0 Å². The second-order valence-corrected chi connectivity index (χ2v) is 10.4. The molecule has 5 nitrogen and oxygen atoms in total. The van der Waals surface area contributed by atoms with Crippen molar-refractivity contribution in [1.29, 1.82) is 0 Å². The van der Waals surface area contributed by atoms with Crippen molar-refractivity contribution in [3.63, 3.8) is 0 Å². The van der Waals surface area contributed by atoms with Crippen LogP contribution in [0.15, 0.2) is 63.9 Å². The zero-order valence-corrected chi connectivity index (χ0v) is 18.7. The van der Waals surface area contributed by atoms with Crippen LogP contribution in [-0.2, 0) is 21.2 Å². The third kappa shape index (κ3) is 4.32. The first-order chi connectivity index (χ1) is 14.5. The Hall–Kier alpha value is -2.12. The number of rotatable bonds is 5. The van der Waals surface area contributed by atoms with E-state index in [0.29, 0.717) is 5.17 Å². The number of amidine groups is 1. The first-order valence-corrected chi connectivity index (χ1v) is 12.8. The summed E-state index contributed by atoms with van der Waals surface area (Å²) in [5.74, 6) is -0.0617. The highest BCUT2D eigenvalue weighted by Crippen LogP contribution is 2.43. The molecular formula is C23H26N2O3S2. The van der Waals surface area contributed by atoms with Gasteiger partial charge in [0.05, 0.1) is 4.90 Å². The maximum Gasteiger partial charge on any atom is 0.284 e. The van der Waals surface area contributed by atoms with Crippen LogP contribution in [0.1, 0.15) is 55.4 Å². The molecule has 0 unspecified atom stereocenters. The highest BCUT2D eigenvalue weighted by Gasteiger charge is 2.43. The Morgan fingerprint density at radius 2 is 1.67 bits per heavy atom. The van der Waals surface area contributed by atoms with Crippen molar-refractivity contribution in [2.24, 2.45) is 4.40 Å². The van der Waals surface area contributed by atoms with Crippen LogP contribution in [0.25, 0.3) is 0 Å². The number of sulfonamides is 1. The standard InChI is InChI=1S/C23H26N2O3S2/c1-2-17-13-15-20(16-14-17)30(27,28)24-23-25(19-11-7-4-8-12-19)22(26)21(29-23)18-9-5-3-6-10-18/h3,5-6,9-10,13-16,19,21H,2,4,7-8,11-12H2,1H3/t21-/m0/s1. The smallest absolute Gasteiger partial charge is 0.284 e. The summed E-state index contributed by atoms with van der Waals surface area (Å²) in [4.78, 5) is 15.2. The molecule has 0 aromatic heterocycles. The Bertz CT molecular complexity index is 1030. The molecule has 1 aliphatic carbocycles. The number of aryl methyl sites for hydroxylation is 1. The number of amides is 1. The fourth-order valence-electron chi connectivity index (χ4n) is 4.07. The van der Waals surface area contributed by atoms with Crippen molar-refractivity contribution in [2.75, 3.05) is 0 Å². The minimum absolute atomic E-state index is 0.0175. The number of hydrogen-bond donors (Lipinski definition) is 0. The Kier molecular flexibility index (Phi) is 6.29. The maximum atomic E-state index is 13.4. The highest BCUT2D eigenvalue weighted by atomic mass is 32.2. The molecule has 4 rings (SSSR count). The van der Waals surface area contributed by atoms with Crippen LogP contribution in [0.4, 0.5) is 0 Å². The number of benzene rings is 2. The third-order valence-corrected chi connectivity index (χ3v) is 8.37. The lowest BCUT2D eigenvalue weighted by atomic mass is 9.94. The number of hydrogen-bond acceptors (Lipinski definition) is 4. The van der Waals surface area contributed by atoms with Crippen LogP contribution in [-0.4, -0.2) is 30.4 Å². The Balaban J connectivity index is 1.71.